The van der Waals surface area contributed by atoms with Gasteiger partial charge in [-0.05, 0) is 179 Å². The molecule has 0 radical (unpaired) electrons. The summed E-state index contributed by atoms with van der Waals surface area (Å²) in [5, 5.41) is 27.5. The van der Waals surface area contributed by atoms with E-state index in [1.807, 2.05) is 47.6 Å². The average Bonchev–Trinajstić information content (AvgIpc) is 3.40. The van der Waals surface area contributed by atoms with Crippen molar-refractivity contribution in [2.75, 3.05) is 65.4 Å². The number of alkyl carbamates (subject to hydrolysis) is 2. The maximum atomic E-state index is 12.0. The van der Waals surface area contributed by atoms with E-state index in [9.17, 15) is 14.9 Å². The Bertz CT molecular complexity index is 2130. The molecule has 3 aromatic rings. The third-order valence-electron chi connectivity index (χ3n) is 15.5. The number of hydrogen-bond acceptors (Lipinski definition) is 10. The molecule has 12 heteroatoms. The summed E-state index contributed by atoms with van der Waals surface area (Å²) < 4.78 is 10.7. The van der Waals surface area contributed by atoms with Gasteiger partial charge in [0.05, 0.1) is 17.6 Å². The first-order valence-corrected chi connectivity index (χ1v) is 29.1. The minimum atomic E-state index is -0.443. The predicted octanol–water partition coefficient (Wildman–Crippen LogP) is 13.3. The highest BCUT2D eigenvalue weighted by Gasteiger charge is 2.36. The van der Waals surface area contributed by atoms with E-state index in [0.717, 1.165) is 169 Å². The lowest BCUT2D eigenvalue weighted by atomic mass is 9.74. The monoisotopic (exact) mass is 1040 g/mol. The van der Waals surface area contributed by atoms with Crippen LogP contribution in [0.1, 0.15) is 169 Å². The number of piperidine rings is 4. The van der Waals surface area contributed by atoms with Crippen LogP contribution in [0.3, 0.4) is 0 Å². The number of ether oxygens (including phenoxy) is 2. The van der Waals surface area contributed by atoms with Gasteiger partial charge in [-0.1, -0.05) is 131 Å². The molecule has 0 atom stereocenters. The molecule has 7 rings (SSSR count). The van der Waals surface area contributed by atoms with Crippen LogP contribution in [-0.2, 0) is 29.1 Å². The van der Waals surface area contributed by atoms with Gasteiger partial charge in [0.1, 0.15) is 11.2 Å². The molecule has 0 spiro atoms. The van der Waals surface area contributed by atoms with Gasteiger partial charge in [-0.25, -0.2) is 9.59 Å². The third kappa shape index (κ3) is 24.6. The zero-order valence-electron chi connectivity index (χ0n) is 48.7. The number of carbonyl (C=O) groups excluding carboxylic acids is 2. The fourth-order valence-corrected chi connectivity index (χ4v) is 11.2. The third-order valence-corrected chi connectivity index (χ3v) is 15.5. The number of benzene rings is 3. The van der Waals surface area contributed by atoms with Gasteiger partial charge in [0.25, 0.3) is 0 Å². The zero-order valence-corrected chi connectivity index (χ0v) is 48.7. The van der Waals surface area contributed by atoms with Crippen LogP contribution in [0.2, 0.25) is 0 Å². The Balaban J connectivity index is 0.000000223. The van der Waals surface area contributed by atoms with E-state index in [1.165, 1.54) is 23.1 Å². The summed E-state index contributed by atoms with van der Waals surface area (Å²) in [5.41, 5.74) is 3.68. The maximum Gasteiger partial charge on any atom is 0.407 e. The molecule has 0 aromatic heterocycles. The highest BCUT2D eigenvalue weighted by molar-refractivity contribution is 5.68. The summed E-state index contributed by atoms with van der Waals surface area (Å²) in [6, 6.07) is 36.7. The smallest absolute Gasteiger partial charge is 0.407 e. The summed E-state index contributed by atoms with van der Waals surface area (Å²) in [5.74, 6) is 0.289. The lowest BCUT2D eigenvalue weighted by Gasteiger charge is -2.42. The largest absolute Gasteiger partial charge is 0.444 e. The number of likely N-dealkylation sites (tertiary alicyclic amines) is 3. The minimum absolute atomic E-state index is 0.0397. The highest BCUT2D eigenvalue weighted by atomic mass is 16.6. The van der Waals surface area contributed by atoms with Crippen molar-refractivity contribution >= 4 is 12.2 Å². The number of amides is 2. The molecule has 3 N–H and O–H groups in total. The van der Waals surface area contributed by atoms with Crippen LogP contribution >= 0.6 is 0 Å². The van der Waals surface area contributed by atoms with E-state index in [4.69, 9.17) is 14.7 Å². The van der Waals surface area contributed by atoms with Gasteiger partial charge in [-0.15, -0.1) is 0 Å². The Morgan fingerprint density at radius 2 is 0.908 bits per heavy atom. The van der Waals surface area contributed by atoms with Crippen LogP contribution in [0.25, 0.3) is 0 Å². The van der Waals surface area contributed by atoms with Crippen LogP contribution in [0.4, 0.5) is 9.59 Å². The van der Waals surface area contributed by atoms with Gasteiger partial charge < -0.3 is 25.4 Å². The number of hydrogen-bond donors (Lipinski definition) is 3. The number of nitrogens with zero attached hydrogens (tertiary/aromatic N) is 5. The fraction of sp³-hybridized carbons (Fsp3) is 0.656. The van der Waals surface area contributed by atoms with Crippen molar-refractivity contribution in [3.8, 4) is 12.1 Å². The summed E-state index contributed by atoms with van der Waals surface area (Å²) >= 11 is 0. The Hall–Kier alpha value is -4.98. The summed E-state index contributed by atoms with van der Waals surface area (Å²) in [6.07, 6.45) is 14.9. The van der Waals surface area contributed by atoms with E-state index in [0.29, 0.717) is 0 Å². The van der Waals surface area contributed by atoms with Crippen molar-refractivity contribution in [3.63, 3.8) is 0 Å². The predicted molar refractivity (Wildman–Crippen MR) is 310 cm³/mol. The molecule has 0 unspecified atom stereocenters. The number of rotatable bonds is 16. The molecule has 2 amide bonds. The lowest BCUT2D eigenvalue weighted by Crippen LogP contribution is -2.46. The Kier molecular flexibility index (Phi) is 27.3. The first-order chi connectivity index (χ1) is 36.3. The molecular formula is C64H100N8O4. The van der Waals surface area contributed by atoms with E-state index < -0.39 is 11.2 Å². The van der Waals surface area contributed by atoms with Crippen molar-refractivity contribution in [1.29, 1.82) is 10.5 Å². The second-order valence-electron chi connectivity index (χ2n) is 24.3. The summed E-state index contributed by atoms with van der Waals surface area (Å²) in [4.78, 5) is 31.1. The standard InChI is InChI=1S/C21H34N2O2.C16H22N2.C14H28N2O2.C13H16N2/c1-5-11-21(17-22-19(24)25-20(2,3)4)12-14-23(15-13-21)16-18-9-7-6-8-10-18;1-2-8-16(14-17)9-11-18(12-10-16)13-15-6-4-3-5-7-15;1-5-6-14(7-9-15-10-8-14)11-16-12(17)18-13(2,3)4;14-10-12-6-8-15(9-7-12)11-13-4-2-1-3-5-13/h6-10H,5,11-17H2,1-4H3,(H,22,24);3-7H,2,8-13H2,1H3;15H,5-11H2,1-4H3,(H,16,17);1-5,12H,6-9,11H2. The zero-order chi connectivity index (χ0) is 55.3. The van der Waals surface area contributed by atoms with Crippen LogP contribution < -0.4 is 16.0 Å². The van der Waals surface area contributed by atoms with E-state index in [2.05, 4.69) is 148 Å². The van der Waals surface area contributed by atoms with Gasteiger partial charge >= 0.3 is 12.2 Å². The van der Waals surface area contributed by atoms with Crippen molar-refractivity contribution in [2.24, 2.45) is 22.2 Å². The second-order valence-corrected chi connectivity index (χ2v) is 24.3. The SMILES string of the molecule is CCCC1(C#N)CCN(Cc2ccccc2)CC1.CCCC1(CNC(=O)OC(C)(C)C)CCN(Cc2ccccc2)CC1.CCCC1(CNC(=O)OC(C)(C)C)CCNCC1.N#CC1CCN(Cc2ccccc2)CC1. The molecule has 3 aromatic carbocycles. The normalized spacial score (nSPS) is 18.7. The fourth-order valence-electron chi connectivity index (χ4n) is 11.2. The minimum Gasteiger partial charge on any atom is -0.444 e. The molecule has 4 aliphatic rings. The van der Waals surface area contributed by atoms with Crippen molar-refractivity contribution in [1.82, 2.24) is 30.7 Å². The van der Waals surface area contributed by atoms with Crippen molar-refractivity contribution in [2.45, 2.75) is 183 Å². The summed E-state index contributed by atoms with van der Waals surface area (Å²) in [6.45, 7) is 31.0. The number of carbonyl (C=O) groups is 2. The number of nitriles is 2. The van der Waals surface area contributed by atoms with Crippen LogP contribution in [-0.4, -0.2) is 104 Å². The number of nitrogens with one attached hydrogen (secondary N) is 3. The first-order valence-electron chi connectivity index (χ1n) is 29.1. The van der Waals surface area contributed by atoms with Crippen LogP contribution in [0.15, 0.2) is 91.0 Å². The van der Waals surface area contributed by atoms with Gasteiger partial charge in [0, 0.05) is 51.7 Å². The highest BCUT2D eigenvalue weighted by Crippen LogP contribution is 2.38. The molecule has 4 fully saturated rings. The van der Waals surface area contributed by atoms with Gasteiger partial charge in [0.2, 0.25) is 0 Å². The van der Waals surface area contributed by atoms with Crippen LogP contribution in [0, 0.1) is 44.8 Å². The van der Waals surface area contributed by atoms with Gasteiger partial charge in [0.15, 0.2) is 0 Å². The van der Waals surface area contributed by atoms with E-state index in [-0.39, 0.29) is 34.3 Å². The van der Waals surface area contributed by atoms with Crippen LogP contribution in [0.5, 0.6) is 0 Å². The van der Waals surface area contributed by atoms with Crippen molar-refractivity contribution in [3.05, 3.63) is 108 Å². The molecular weight excluding hydrogens is 945 g/mol. The van der Waals surface area contributed by atoms with Crippen molar-refractivity contribution < 1.29 is 19.1 Å². The van der Waals surface area contributed by atoms with Gasteiger partial charge in [-0.2, -0.15) is 10.5 Å². The Morgan fingerprint density at radius 3 is 1.25 bits per heavy atom. The molecule has 12 nitrogen and oxygen atoms in total. The molecule has 4 heterocycles. The Labute approximate surface area is 461 Å². The lowest BCUT2D eigenvalue weighted by molar-refractivity contribution is 0.0430. The van der Waals surface area contributed by atoms with Gasteiger partial charge in [-0.3, -0.25) is 14.7 Å². The quantitative estimate of drug-likeness (QED) is 0.127. The average molecular weight is 1050 g/mol. The maximum absolute atomic E-state index is 12.0. The molecule has 76 heavy (non-hydrogen) atoms. The second kappa shape index (κ2) is 32.7. The topological polar surface area (TPSA) is 146 Å². The summed E-state index contributed by atoms with van der Waals surface area (Å²) in [7, 11) is 0. The molecule has 4 saturated heterocycles. The molecule has 0 bridgehead atoms. The van der Waals surface area contributed by atoms with E-state index in [1.54, 1.807) is 0 Å². The molecule has 4 aliphatic heterocycles. The first kappa shape index (κ1) is 63.6. The Morgan fingerprint density at radius 1 is 0.553 bits per heavy atom. The molecule has 420 valence electrons. The van der Waals surface area contributed by atoms with E-state index >= 15 is 0 Å². The molecule has 0 saturated carbocycles. The molecule has 0 aliphatic carbocycles.